The van der Waals surface area contributed by atoms with Gasteiger partial charge in [0.2, 0.25) is 11.8 Å². The van der Waals surface area contributed by atoms with Crippen molar-refractivity contribution in [3.05, 3.63) is 23.8 Å². The summed E-state index contributed by atoms with van der Waals surface area (Å²) in [5, 5.41) is 12.1. The maximum Gasteiger partial charge on any atom is 0.234 e. The summed E-state index contributed by atoms with van der Waals surface area (Å²) >= 11 is 0. The lowest BCUT2D eigenvalue weighted by molar-refractivity contribution is -0.121. The largest absolute Gasteiger partial charge is 0.396 e. The highest BCUT2D eigenvalue weighted by Crippen LogP contribution is 2.30. The van der Waals surface area contributed by atoms with Crippen LogP contribution in [-0.2, 0) is 9.59 Å². The normalized spacial score (nSPS) is 14.9. The second-order valence-electron chi connectivity index (χ2n) is 5.28. The number of nitrogens with zero attached hydrogens (tertiary/aromatic N) is 1. The lowest BCUT2D eigenvalue weighted by atomic mass is 10.1. The molecule has 0 radical (unpaired) electrons. The average Bonchev–Trinajstić information content (AvgIpc) is 2.80. The summed E-state index contributed by atoms with van der Waals surface area (Å²) in [6, 6.07) is 5.63. The van der Waals surface area contributed by atoms with Crippen LogP contribution in [0.4, 0.5) is 11.4 Å². The Morgan fingerprint density at radius 2 is 1.86 bits per heavy atom. The van der Waals surface area contributed by atoms with E-state index in [4.69, 9.17) is 5.11 Å². The number of nitrogens with one attached hydrogen (secondary N) is 1. The van der Waals surface area contributed by atoms with Crippen LogP contribution in [0.2, 0.25) is 0 Å². The van der Waals surface area contributed by atoms with E-state index in [1.54, 1.807) is 0 Å². The summed E-state index contributed by atoms with van der Waals surface area (Å²) in [4.78, 5) is 25.0. The second-order valence-corrected chi connectivity index (χ2v) is 5.28. The number of aliphatic hydroxyl groups excluding tert-OH is 1. The zero-order valence-corrected chi connectivity index (χ0v) is 12.4. The first-order valence-corrected chi connectivity index (χ1v) is 7.45. The molecule has 1 fully saturated rings. The van der Waals surface area contributed by atoms with Crippen LogP contribution in [-0.4, -0.2) is 30.1 Å². The molecule has 1 aromatic rings. The molecule has 0 unspecified atom stereocenters. The van der Waals surface area contributed by atoms with Gasteiger partial charge in [-0.1, -0.05) is 6.07 Å². The molecule has 0 saturated carbocycles. The Bertz CT molecular complexity index is 512. The maximum absolute atomic E-state index is 11.8. The standard InChI is InChI=1S/C16H22N2O3/c1-12-13(17-10-3-2-4-11-19)6-5-7-14(12)18-15(20)8-9-16(18)21/h5-7,17,19H,2-4,8-11H2,1H3. The first kappa shape index (κ1) is 15.5. The number of amides is 2. The van der Waals surface area contributed by atoms with Crippen molar-refractivity contribution in [1.29, 1.82) is 0 Å². The van der Waals surface area contributed by atoms with Gasteiger partial charge in [0.1, 0.15) is 0 Å². The monoisotopic (exact) mass is 290 g/mol. The number of hydrogen-bond acceptors (Lipinski definition) is 4. The Morgan fingerprint density at radius 3 is 2.52 bits per heavy atom. The highest BCUT2D eigenvalue weighted by molar-refractivity contribution is 6.20. The second kappa shape index (κ2) is 7.22. The molecule has 1 aliphatic heterocycles. The smallest absolute Gasteiger partial charge is 0.234 e. The number of anilines is 2. The van der Waals surface area contributed by atoms with Crippen LogP contribution in [0, 0.1) is 6.92 Å². The Hall–Kier alpha value is -1.88. The molecule has 0 bridgehead atoms. The van der Waals surface area contributed by atoms with Crippen molar-refractivity contribution in [3.63, 3.8) is 0 Å². The Kier molecular flexibility index (Phi) is 5.33. The minimum Gasteiger partial charge on any atom is -0.396 e. The van der Waals surface area contributed by atoms with E-state index in [0.29, 0.717) is 18.5 Å². The average molecular weight is 290 g/mol. The third kappa shape index (κ3) is 3.61. The van der Waals surface area contributed by atoms with Crippen LogP contribution in [0.15, 0.2) is 18.2 Å². The van der Waals surface area contributed by atoms with Crippen molar-refractivity contribution in [2.75, 3.05) is 23.4 Å². The summed E-state index contributed by atoms with van der Waals surface area (Å²) in [5.74, 6) is -0.244. The molecular formula is C16H22N2O3. The van der Waals surface area contributed by atoms with Gasteiger partial charge in [-0.25, -0.2) is 0 Å². The number of benzene rings is 1. The van der Waals surface area contributed by atoms with Crippen molar-refractivity contribution < 1.29 is 14.7 Å². The molecular weight excluding hydrogens is 268 g/mol. The Labute approximate surface area is 125 Å². The van der Waals surface area contributed by atoms with E-state index >= 15 is 0 Å². The van der Waals surface area contributed by atoms with Crippen molar-refractivity contribution in [1.82, 2.24) is 0 Å². The number of aliphatic hydroxyl groups is 1. The van der Waals surface area contributed by atoms with Crippen LogP contribution in [0.3, 0.4) is 0 Å². The van der Waals surface area contributed by atoms with Crippen molar-refractivity contribution in [2.45, 2.75) is 39.0 Å². The molecule has 0 spiro atoms. The van der Waals surface area contributed by atoms with Crippen molar-refractivity contribution >= 4 is 23.2 Å². The molecule has 0 aromatic heterocycles. The number of imide groups is 1. The molecule has 0 atom stereocenters. The van der Waals surface area contributed by atoms with E-state index < -0.39 is 0 Å². The van der Waals surface area contributed by atoms with Crippen LogP contribution >= 0.6 is 0 Å². The number of rotatable bonds is 7. The number of hydrogen-bond donors (Lipinski definition) is 2. The molecule has 2 N–H and O–H groups in total. The quantitative estimate of drug-likeness (QED) is 0.597. The summed E-state index contributed by atoms with van der Waals surface area (Å²) in [5.41, 5.74) is 2.55. The third-order valence-electron chi connectivity index (χ3n) is 3.75. The maximum atomic E-state index is 11.8. The van der Waals surface area contributed by atoms with Gasteiger partial charge in [0.25, 0.3) is 0 Å². The van der Waals surface area contributed by atoms with Gasteiger partial charge in [-0.2, -0.15) is 0 Å². The van der Waals surface area contributed by atoms with Crippen molar-refractivity contribution in [2.24, 2.45) is 0 Å². The predicted molar refractivity (Wildman–Crippen MR) is 82.3 cm³/mol. The van der Waals surface area contributed by atoms with Crippen LogP contribution in [0.5, 0.6) is 0 Å². The minimum absolute atomic E-state index is 0.122. The Balaban J connectivity index is 2.06. The van der Waals surface area contributed by atoms with E-state index in [-0.39, 0.29) is 18.4 Å². The number of carbonyl (C=O) groups excluding carboxylic acids is 2. The molecule has 1 heterocycles. The molecule has 1 aromatic carbocycles. The number of unbranched alkanes of at least 4 members (excludes halogenated alkanes) is 2. The fourth-order valence-corrected chi connectivity index (χ4v) is 2.54. The zero-order chi connectivity index (χ0) is 15.2. The lowest BCUT2D eigenvalue weighted by Gasteiger charge is -2.19. The summed E-state index contributed by atoms with van der Waals surface area (Å²) < 4.78 is 0. The molecule has 2 rings (SSSR count). The van der Waals surface area contributed by atoms with Gasteiger partial charge in [-0.15, -0.1) is 0 Å². The first-order chi connectivity index (χ1) is 10.1. The van der Waals surface area contributed by atoms with E-state index in [1.165, 1.54) is 4.90 Å². The lowest BCUT2D eigenvalue weighted by Crippen LogP contribution is -2.29. The van der Waals surface area contributed by atoms with Gasteiger partial charge in [-0.3, -0.25) is 14.5 Å². The molecule has 2 amide bonds. The summed E-state index contributed by atoms with van der Waals surface area (Å²) in [7, 11) is 0. The van der Waals surface area contributed by atoms with Crippen molar-refractivity contribution in [3.8, 4) is 0 Å². The van der Waals surface area contributed by atoms with Gasteiger partial charge in [-0.05, 0) is 43.9 Å². The fourth-order valence-electron chi connectivity index (χ4n) is 2.54. The van der Waals surface area contributed by atoms with Gasteiger partial charge in [0, 0.05) is 31.7 Å². The highest BCUT2D eigenvalue weighted by atomic mass is 16.3. The van der Waals surface area contributed by atoms with E-state index in [2.05, 4.69) is 5.32 Å². The van der Waals surface area contributed by atoms with E-state index in [0.717, 1.165) is 37.1 Å². The fraction of sp³-hybridized carbons (Fsp3) is 0.500. The summed E-state index contributed by atoms with van der Waals surface area (Å²) in [6.45, 7) is 2.96. The molecule has 114 valence electrons. The van der Waals surface area contributed by atoms with Crippen LogP contribution in [0.1, 0.15) is 37.7 Å². The highest BCUT2D eigenvalue weighted by Gasteiger charge is 2.31. The molecule has 1 saturated heterocycles. The third-order valence-corrected chi connectivity index (χ3v) is 3.75. The zero-order valence-electron chi connectivity index (χ0n) is 12.4. The molecule has 1 aliphatic rings. The summed E-state index contributed by atoms with van der Waals surface area (Å²) in [6.07, 6.45) is 3.38. The molecule has 21 heavy (non-hydrogen) atoms. The van der Waals surface area contributed by atoms with Gasteiger partial charge in [0.05, 0.1) is 5.69 Å². The molecule has 5 heteroatoms. The van der Waals surface area contributed by atoms with Gasteiger partial charge in [0.15, 0.2) is 0 Å². The van der Waals surface area contributed by atoms with Gasteiger partial charge < -0.3 is 10.4 Å². The van der Waals surface area contributed by atoms with E-state index in [9.17, 15) is 9.59 Å². The molecule has 5 nitrogen and oxygen atoms in total. The van der Waals surface area contributed by atoms with E-state index in [1.807, 2.05) is 25.1 Å². The van der Waals surface area contributed by atoms with Crippen LogP contribution < -0.4 is 10.2 Å². The Morgan fingerprint density at radius 1 is 1.14 bits per heavy atom. The van der Waals surface area contributed by atoms with Gasteiger partial charge >= 0.3 is 0 Å². The van der Waals surface area contributed by atoms with Crippen LogP contribution in [0.25, 0.3) is 0 Å². The first-order valence-electron chi connectivity index (χ1n) is 7.45. The molecule has 0 aliphatic carbocycles. The minimum atomic E-state index is -0.122. The SMILES string of the molecule is Cc1c(NCCCCCO)cccc1N1C(=O)CCC1=O. The number of carbonyl (C=O) groups is 2. The topological polar surface area (TPSA) is 69.6 Å². The predicted octanol–water partition coefficient (Wildman–Crippen LogP) is 2.22.